The van der Waals surface area contributed by atoms with Crippen LogP contribution in [-0.4, -0.2) is 83.7 Å². The van der Waals surface area contributed by atoms with Gasteiger partial charge in [-0.1, -0.05) is 17.7 Å². The van der Waals surface area contributed by atoms with Crippen LogP contribution in [0.1, 0.15) is 0 Å². The molecule has 158 valence electrons. The van der Waals surface area contributed by atoms with Gasteiger partial charge in [-0.05, 0) is 18.2 Å². The van der Waals surface area contributed by atoms with E-state index in [1.54, 1.807) is 24.3 Å². The third kappa shape index (κ3) is 4.38. The van der Waals surface area contributed by atoms with Gasteiger partial charge in [0, 0.05) is 38.3 Å². The fourth-order valence-corrected chi connectivity index (χ4v) is 3.63. The molecule has 0 aliphatic carbocycles. The van der Waals surface area contributed by atoms with Gasteiger partial charge >= 0.3 is 0 Å². The van der Waals surface area contributed by atoms with E-state index in [0.29, 0.717) is 50.1 Å². The Morgan fingerprint density at radius 2 is 2.00 bits per heavy atom. The summed E-state index contributed by atoms with van der Waals surface area (Å²) in [5, 5.41) is 5.99. The molecule has 1 amide bonds. The zero-order chi connectivity index (χ0) is 20.9. The van der Waals surface area contributed by atoms with Crippen molar-refractivity contribution >= 4 is 34.4 Å². The molecule has 0 spiro atoms. The van der Waals surface area contributed by atoms with Crippen molar-refractivity contribution in [2.24, 2.45) is 0 Å². The predicted molar refractivity (Wildman–Crippen MR) is 113 cm³/mol. The van der Waals surface area contributed by atoms with Crippen molar-refractivity contribution in [2.75, 3.05) is 58.0 Å². The van der Waals surface area contributed by atoms with Crippen molar-refractivity contribution in [3.05, 3.63) is 41.8 Å². The van der Waals surface area contributed by atoms with E-state index in [4.69, 9.17) is 21.1 Å². The summed E-state index contributed by atoms with van der Waals surface area (Å²) in [6.45, 7) is 3.55. The fraction of sp³-hybridized carbons (Fsp3) is 0.400. The Balaban J connectivity index is 1.45. The Hall–Kier alpha value is -2.75. The molecule has 10 heteroatoms. The quantitative estimate of drug-likeness (QED) is 0.528. The van der Waals surface area contributed by atoms with Gasteiger partial charge in [0.15, 0.2) is 5.65 Å². The van der Waals surface area contributed by atoms with Crippen LogP contribution in [0.15, 0.2) is 36.8 Å². The lowest BCUT2D eigenvalue weighted by Crippen LogP contribution is -2.50. The maximum absolute atomic E-state index is 12.3. The summed E-state index contributed by atoms with van der Waals surface area (Å²) >= 11 is 6.12. The first-order valence-corrected chi connectivity index (χ1v) is 10.1. The lowest BCUT2D eigenvalue weighted by atomic mass is 10.2. The Kier molecular flexibility index (Phi) is 6.41. The number of carbonyl (C=O) groups is 1. The second-order valence-corrected chi connectivity index (χ2v) is 7.32. The zero-order valence-electron chi connectivity index (χ0n) is 16.7. The second-order valence-electron chi connectivity index (χ2n) is 6.88. The minimum atomic E-state index is -0.00707. The van der Waals surface area contributed by atoms with Crippen LogP contribution in [0.25, 0.3) is 16.7 Å². The van der Waals surface area contributed by atoms with Crippen molar-refractivity contribution in [1.29, 1.82) is 0 Å². The number of methoxy groups -OCH3 is 1. The summed E-state index contributed by atoms with van der Waals surface area (Å²) in [6.07, 6.45) is 3.31. The van der Waals surface area contributed by atoms with E-state index < -0.39 is 0 Å². The highest BCUT2D eigenvalue weighted by atomic mass is 35.5. The molecule has 1 saturated heterocycles. The molecule has 30 heavy (non-hydrogen) atoms. The summed E-state index contributed by atoms with van der Waals surface area (Å²) < 4.78 is 12.0. The molecule has 0 radical (unpaired) electrons. The molecule has 1 aliphatic heterocycles. The second kappa shape index (κ2) is 9.38. The third-order valence-corrected chi connectivity index (χ3v) is 5.22. The van der Waals surface area contributed by atoms with Crippen molar-refractivity contribution in [3.8, 4) is 5.69 Å². The number of carbonyl (C=O) groups excluding carboxylic acids is 1. The fourth-order valence-electron chi connectivity index (χ4n) is 3.44. The van der Waals surface area contributed by atoms with E-state index in [-0.39, 0.29) is 12.5 Å². The lowest BCUT2D eigenvalue weighted by molar-refractivity contribution is -0.136. The third-order valence-electron chi connectivity index (χ3n) is 4.99. The SMILES string of the molecule is COCCOCC(=O)N1CCN(c2ncnc3c2cnn3-c2cccc(Cl)c2)CC1. The molecule has 3 heterocycles. The molecule has 1 fully saturated rings. The first kappa shape index (κ1) is 20.5. The Labute approximate surface area is 179 Å². The van der Waals surface area contributed by atoms with Gasteiger partial charge in [0.2, 0.25) is 5.91 Å². The van der Waals surface area contributed by atoms with Gasteiger partial charge in [0.05, 0.1) is 30.5 Å². The van der Waals surface area contributed by atoms with Crippen molar-refractivity contribution in [1.82, 2.24) is 24.6 Å². The summed E-state index contributed by atoms with van der Waals surface area (Å²) in [6, 6.07) is 7.47. The molecule has 0 atom stereocenters. The topological polar surface area (TPSA) is 85.6 Å². The van der Waals surface area contributed by atoms with E-state index in [1.165, 1.54) is 0 Å². The van der Waals surface area contributed by atoms with Gasteiger partial charge in [-0.3, -0.25) is 4.79 Å². The molecule has 2 aromatic heterocycles. The van der Waals surface area contributed by atoms with E-state index in [2.05, 4.69) is 20.0 Å². The number of aromatic nitrogens is 4. The standard InChI is InChI=1S/C20H23ClN6O3/c1-29-9-10-30-13-18(28)25-5-7-26(8-6-25)19-17-12-24-27(20(17)23-14-22-19)16-4-2-3-15(21)11-16/h2-4,11-12,14H,5-10,13H2,1H3. The molecule has 0 N–H and O–H groups in total. The smallest absolute Gasteiger partial charge is 0.248 e. The maximum Gasteiger partial charge on any atom is 0.248 e. The molecular formula is C20H23ClN6O3. The lowest BCUT2D eigenvalue weighted by Gasteiger charge is -2.35. The molecule has 4 rings (SSSR count). The summed E-state index contributed by atoms with van der Waals surface area (Å²) in [4.78, 5) is 25.2. The van der Waals surface area contributed by atoms with Gasteiger partial charge in [-0.15, -0.1) is 0 Å². The van der Waals surface area contributed by atoms with E-state index >= 15 is 0 Å². The normalized spacial score (nSPS) is 14.5. The number of ether oxygens (including phenoxy) is 2. The maximum atomic E-state index is 12.3. The van der Waals surface area contributed by atoms with Gasteiger partial charge in [-0.2, -0.15) is 5.10 Å². The van der Waals surface area contributed by atoms with Gasteiger partial charge in [-0.25, -0.2) is 14.6 Å². The zero-order valence-corrected chi connectivity index (χ0v) is 17.5. The molecule has 1 aromatic carbocycles. The summed E-state index contributed by atoms with van der Waals surface area (Å²) in [5.41, 5.74) is 1.55. The number of piperazine rings is 1. The van der Waals surface area contributed by atoms with Crippen molar-refractivity contribution in [3.63, 3.8) is 0 Å². The highest BCUT2D eigenvalue weighted by Crippen LogP contribution is 2.26. The molecular weight excluding hydrogens is 408 g/mol. The van der Waals surface area contributed by atoms with Crippen LogP contribution in [0.2, 0.25) is 5.02 Å². The molecule has 3 aromatic rings. The van der Waals surface area contributed by atoms with Crippen LogP contribution in [-0.2, 0) is 14.3 Å². The number of hydrogen-bond donors (Lipinski definition) is 0. The first-order valence-electron chi connectivity index (χ1n) is 9.71. The first-order chi connectivity index (χ1) is 14.7. The average molecular weight is 431 g/mol. The molecule has 9 nitrogen and oxygen atoms in total. The number of fused-ring (bicyclic) bond motifs is 1. The Morgan fingerprint density at radius 1 is 1.17 bits per heavy atom. The van der Waals surface area contributed by atoms with Crippen molar-refractivity contribution < 1.29 is 14.3 Å². The number of amides is 1. The van der Waals surface area contributed by atoms with Gasteiger partial charge < -0.3 is 19.3 Å². The summed E-state index contributed by atoms with van der Waals surface area (Å²) in [7, 11) is 1.60. The average Bonchev–Trinajstić information content (AvgIpc) is 3.21. The van der Waals surface area contributed by atoms with E-state index in [1.807, 2.05) is 29.2 Å². The van der Waals surface area contributed by atoms with Crippen LogP contribution in [0.3, 0.4) is 0 Å². The van der Waals surface area contributed by atoms with Gasteiger partial charge in [0.1, 0.15) is 18.8 Å². The summed E-state index contributed by atoms with van der Waals surface area (Å²) in [5.74, 6) is 0.809. The highest BCUT2D eigenvalue weighted by Gasteiger charge is 2.24. The number of nitrogens with zero attached hydrogens (tertiary/aromatic N) is 6. The van der Waals surface area contributed by atoms with E-state index in [9.17, 15) is 4.79 Å². The molecule has 0 unspecified atom stereocenters. The van der Waals surface area contributed by atoms with Crippen LogP contribution < -0.4 is 4.90 Å². The largest absolute Gasteiger partial charge is 0.382 e. The number of rotatable bonds is 7. The number of halogens is 1. The Bertz CT molecular complexity index is 1020. The molecule has 1 aliphatic rings. The van der Waals surface area contributed by atoms with E-state index in [0.717, 1.165) is 16.9 Å². The number of benzene rings is 1. The van der Waals surface area contributed by atoms with Crippen LogP contribution in [0, 0.1) is 0 Å². The predicted octanol–water partition coefficient (Wildman–Crippen LogP) is 1.78. The molecule has 0 bridgehead atoms. The highest BCUT2D eigenvalue weighted by molar-refractivity contribution is 6.30. The minimum Gasteiger partial charge on any atom is -0.382 e. The van der Waals surface area contributed by atoms with Crippen LogP contribution in [0.4, 0.5) is 5.82 Å². The van der Waals surface area contributed by atoms with Crippen LogP contribution >= 0.6 is 11.6 Å². The van der Waals surface area contributed by atoms with Crippen molar-refractivity contribution in [2.45, 2.75) is 0 Å². The number of anilines is 1. The molecule has 0 saturated carbocycles. The number of hydrogen-bond acceptors (Lipinski definition) is 7. The monoisotopic (exact) mass is 430 g/mol. The Morgan fingerprint density at radius 3 is 2.77 bits per heavy atom. The van der Waals surface area contributed by atoms with Crippen LogP contribution in [0.5, 0.6) is 0 Å². The minimum absolute atomic E-state index is 0.00707. The van der Waals surface area contributed by atoms with Gasteiger partial charge in [0.25, 0.3) is 0 Å².